The summed E-state index contributed by atoms with van der Waals surface area (Å²) in [6.07, 6.45) is 8.67. The van der Waals surface area contributed by atoms with Crippen molar-refractivity contribution in [3.8, 4) is 0 Å². The van der Waals surface area contributed by atoms with Crippen molar-refractivity contribution >= 4 is 0 Å². The maximum Gasteiger partial charge on any atom is 0.0110 e. The van der Waals surface area contributed by atoms with Gasteiger partial charge in [-0.1, -0.05) is 62.8 Å². The molecule has 49 heavy (non-hydrogen) atoms. The Hall–Kier alpha value is -0.360. The van der Waals surface area contributed by atoms with Crippen LogP contribution in [0.5, 0.6) is 0 Å². The van der Waals surface area contributed by atoms with Gasteiger partial charge in [0.1, 0.15) is 0 Å². The van der Waals surface area contributed by atoms with Crippen molar-refractivity contribution in [1.82, 2.24) is 44.9 Å². The van der Waals surface area contributed by atoms with Crippen LogP contribution in [0, 0.1) is 0 Å². The molecule has 0 aliphatic heterocycles. The van der Waals surface area contributed by atoms with E-state index in [1.165, 1.54) is 104 Å². The summed E-state index contributed by atoms with van der Waals surface area (Å²) in [5, 5.41) is 7.28. The van der Waals surface area contributed by atoms with E-state index < -0.39 is 0 Å². The van der Waals surface area contributed by atoms with Crippen LogP contribution in [0.3, 0.4) is 0 Å². The van der Waals surface area contributed by atoms with Gasteiger partial charge in [0.2, 0.25) is 0 Å². The highest BCUT2D eigenvalue weighted by molar-refractivity contribution is 4.71. The Morgan fingerprint density at radius 1 is 0.286 bits per heavy atom. The molecule has 0 rings (SSSR count). The number of likely N-dealkylation sites (N-methyl/N-ethyl adjacent to an activating group) is 3. The fourth-order valence-corrected chi connectivity index (χ4v) is 6.09. The van der Waals surface area contributed by atoms with Gasteiger partial charge in [0.15, 0.2) is 0 Å². The Morgan fingerprint density at radius 2 is 0.592 bits per heavy atom. The lowest BCUT2D eigenvalue weighted by Gasteiger charge is -2.32. The molecule has 0 saturated heterocycles. The molecule has 0 aliphatic carbocycles. The Labute approximate surface area is 310 Å². The third-order valence-electron chi connectivity index (χ3n) is 9.29. The minimum Gasteiger partial charge on any atom is -0.315 e. The molecule has 0 aromatic rings. The summed E-state index contributed by atoms with van der Waals surface area (Å²) in [6, 6.07) is 0. The Kier molecular flexibility index (Phi) is 42.0. The third kappa shape index (κ3) is 33.2. The fraction of sp³-hybridized carbons (Fsp3) is 1.00. The van der Waals surface area contributed by atoms with E-state index in [0.29, 0.717) is 0 Å². The molecule has 0 bridgehead atoms. The highest BCUT2D eigenvalue weighted by atomic mass is 15.3. The molecule has 0 radical (unpaired) electrons. The van der Waals surface area contributed by atoms with Gasteiger partial charge in [-0.15, -0.1) is 0 Å². The first kappa shape index (κ1) is 53.0. The average Bonchev–Trinajstić information content (AvgIpc) is 3.05. The number of hydrogen-bond donors (Lipinski definition) is 2. The molecule has 9 heteroatoms. The molecule has 0 saturated carbocycles. The predicted octanol–water partition coefficient (Wildman–Crippen LogP) is 5.29. The van der Waals surface area contributed by atoms with E-state index in [1.807, 2.05) is 0 Å². The quantitative estimate of drug-likeness (QED) is 0.0842. The van der Waals surface area contributed by atoms with Crippen LogP contribution in [0.1, 0.15) is 101 Å². The lowest BCUT2D eigenvalue weighted by molar-refractivity contribution is 0.154. The first-order valence-corrected chi connectivity index (χ1v) is 20.2. The van der Waals surface area contributed by atoms with Gasteiger partial charge in [0.25, 0.3) is 0 Å². The van der Waals surface area contributed by atoms with Crippen LogP contribution < -0.4 is 10.6 Å². The van der Waals surface area contributed by atoms with E-state index >= 15 is 0 Å². The van der Waals surface area contributed by atoms with Gasteiger partial charge >= 0.3 is 0 Å². The van der Waals surface area contributed by atoms with Gasteiger partial charge in [-0.3, -0.25) is 9.80 Å². The van der Waals surface area contributed by atoms with Gasteiger partial charge in [-0.2, -0.15) is 0 Å². The summed E-state index contributed by atoms with van der Waals surface area (Å²) >= 11 is 0. The van der Waals surface area contributed by atoms with Crippen molar-refractivity contribution in [2.45, 2.75) is 101 Å². The molecule has 0 atom stereocenters. The van der Waals surface area contributed by atoms with Crippen LogP contribution in [0.4, 0.5) is 0 Å². The summed E-state index contributed by atoms with van der Waals surface area (Å²) in [5.41, 5.74) is 0. The molecule has 0 aromatic heterocycles. The SMILES string of the molecule is C.C.CCCCNCCN(CCN(C)CCC)CCN(CCC)CCN(C)CCN(CCN(C)CCC)CCN(CCC)CCNCCC. The summed E-state index contributed by atoms with van der Waals surface area (Å²) in [5.74, 6) is 0. The second kappa shape index (κ2) is 38.9. The molecule has 0 aromatic carbocycles. The van der Waals surface area contributed by atoms with Crippen molar-refractivity contribution < 1.29 is 0 Å². The maximum atomic E-state index is 3.67. The van der Waals surface area contributed by atoms with Crippen LogP contribution in [0.25, 0.3) is 0 Å². The monoisotopic (exact) mass is 702 g/mol. The Bertz CT molecular complexity index is 627. The maximum absolute atomic E-state index is 3.67. The van der Waals surface area contributed by atoms with E-state index in [0.717, 1.165) is 85.1 Å². The predicted molar refractivity (Wildman–Crippen MR) is 224 cm³/mol. The number of hydrogen-bond acceptors (Lipinski definition) is 9. The molecule has 0 fully saturated rings. The van der Waals surface area contributed by atoms with Crippen LogP contribution in [-0.4, -0.2) is 199 Å². The average molecular weight is 702 g/mol. The topological polar surface area (TPSA) is 46.7 Å². The lowest BCUT2D eigenvalue weighted by atomic mass is 10.3. The lowest BCUT2D eigenvalue weighted by Crippen LogP contribution is -2.45. The Morgan fingerprint density at radius 3 is 0.959 bits per heavy atom. The smallest absolute Gasteiger partial charge is 0.0110 e. The highest BCUT2D eigenvalue weighted by Crippen LogP contribution is 2.01. The molecule has 300 valence electrons. The van der Waals surface area contributed by atoms with Crippen LogP contribution in [0.2, 0.25) is 0 Å². The van der Waals surface area contributed by atoms with Crippen LogP contribution in [0.15, 0.2) is 0 Å². The highest BCUT2D eigenvalue weighted by Gasteiger charge is 2.14. The zero-order chi connectivity index (χ0) is 35.0. The fourth-order valence-electron chi connectivity index (χ4n) is 6.09. The summed E-state index contributed by atoms with van der Waals surface area (Å²) in [4.78, 5) is 18.4. The van der Waals surface area contributed by atoms with Crippen molar-refractivity contribution in [3.05, 3.63) is 0 Å². The molecular formula is C40H95N9. The molecule has 0 spiro atoms. The minimum atomic E-state index is 0. The first-order chi connectivity index (χ1) is 22.8. The van der Waals surface area contributed by atoms with Crippen molar-refractivity contribution in [2.24, 2.45) is 0 Å². The third-order valence-corrected chi connectivity index (χ3v) is 9.29. The normalized spacial score (nSPS) is 12.0. The van der Waals surface area contributed by atoms with E-state index in [1.54, 1.807) is 0 Å². The summed E-state index contributed by atoms with van der Waals surface area (Å²) in [6.45, 7) is 39.3. The summed E-state index contributed by atoms with van der Waals surface area (Å²) in [7, 11) is 6.90. The van der Waals surface area contributed by atoms with E-state index in [-0.39, 0.29) is 14.9 Å². The van der Waals surface area contributed by atoms with Crippen molar-refractivity contribution in [3.63, 3.8) is 0 Å². The summed E-state index contributed by atoms with van der Waals surface area (Å²) < 4.78 is 0. The zero-order valence-corrected chi connectivity index (χ0v) is 33.6. The number of unbranched alkanes of at least 4 members (excludes halogenated alkanes) is 1. The second-order valence-electron chi connectivity index (χ2n) is 14.1. The second-order valence-corrected chi connectivity index (χ2v) is 14.1. The number of nitrogens with one attached hydrogen (secondary N) is 2. The molecule has 0 heterocycles. The molecule has 2 N–H and O–H groups in total. The molecule has 9 nitrogen and oxygen atoms in total. The van der Waals surface area contributed by atoms with Gasteiger partial charge in [0, 0.05) is 105 Å². The van der Waals surface area contributed by atoms with E-state index in [4.69, 9.17) is 0 Å². The largest absolute Gasteiger partial charge is 0.315 e. The van der Waals surface area contributed by atoms with Crippen LogP contribution >= 0.6 is 0 Å². The minimum absolute atomic E-state index is 0. The van der Waals surface area contributed by atoms with Crippen molar-refractivity contribution in [2.75, 3.05) is 165 Å². The van der Waals surface area contributed by atoms with Gasteiger partial charge in [0.05, 0.1) is 0 Å². The molecule has 0 amide bonds. The zero-order valence-electron chi connectivity index (χ0n) is 33.6. The van der Waals surface area contributed by atoms with Gasteiger partial charge in [-0.25, -0.2) is 0 Å². The van der Waals surface area contributed by atoms with Gasteiger partial charge in [-0.05, 0) is 98.9 Å². The van der Waals surface area contributed by atoms with E-state index in [9.17, 15) is 0 Å². The van der Waals surface area contributed by atoms with Crippen molar-refractivity contribution in [1.29, 1.82) is 0 Å². The molecule has 0 aliphatic rings. The standard InChI is InChI=1S/C38H87N9.2CH4/c1-10-16-18-40-20-26-46(32-27-41(7)21-12-3)37-36-45(24-15-6)31-29-43(9)30-34-47(33-28-42(8)22-13-4)38-35-44(23-14-5)25-19-39-17-11-2;;/h39-40H,10-38H2,1-9H3;2*1H4. The number of rotatable bonds is 37. The molecule has 0 unspecified atom stereocenters. The Balaban J connectivity index is -0.0000106. The van der Waals surface area contributed by atoms with Gasteiger partial charge < -0.3 is 35.1 Å². The molecular weight excluding hydrogens is 607 g/mol. The number of nitrogens with zero attached hydrogens (tertiary/aromatic N) is 7. The van der Waals surface area contributed by atoms with Crippen LogP contribution in [-0.2, 0) is 0 Å². The first-order valence-electron chi connectivity index (χ1n) is 20.2. The van der Waals surface area contributed by atoms with E-state index in [2.05, 4.69) is 108 Å².